The van der Waals surface area contributed by atoms with E-state index in [-0.39, 0.29) is 17.7 Å². The van der Waals surface area contributed by atoms with Crippen LogP contribution in [0.2, 0.25) is 0 Å². The van der Waals surface area contributed by atoms with Crippen LogP contribution in [-0.2, 0) is 9.53 Å². The lowest BCUT2D eigenvalue weighted by atomic mass is 10.1. The maximum Gasteiger partial charge on any atom is 0.309 e. The van der Waals surface area contributed by atoms with Gasteiger partial charge in [0, 0.05) is 11.6 Å². The third kappa shape index (κ3) is 3.05. The minimum Gasteiger partial charge on any atom is -0.469 e. The van der Waals surface area contributed by atoms with Crippen molar-refractivity contribution in [2.45, 2.75) is 6.42 Å². The van der Waals surface area contributed by atoms with E-state index in [1.54, 1.807) is 0 Å². The van der Waals surface area contributed by atoms with Crippen LogP contribution in [0.25, 0.3) is 6.08 Å². The Balaban J connectivity index is 2.85. The lowest BCUT2D eigenvalue weighted by molar-refractivity contribution is -0.139. The number of hydrogen-bond donors (Lipinski definition) is 1. The van der Waals surface area contributed by atoms with Gasteiger partial charge in [0.1, 0.15) is 11.6 Å². The van der Waals surface area contributed by atoms with Crippen LogP contribution in [-0.4, -0.2) is 13.1 Å². The number of methoxy groups -OCH3 is 1. The molecule has 1 rings (SSSR count). The van der Waals surface area contributed by atoms with Crippen LogP contribution >= 0.6 is 0 Å². The van der Waals surface area contributed by atoms with E-state index in [9.17, 15) is 13.6 Å². The van der Waals surface area contributed by atoms with Gasteiger partial charge in [0.25, 0.3) is 0 Å². The molecule has 0 spiro atoms. The summed E-state index contributed by atoms with van der Waals surface area (Å²) in [5, 5.41) is 0. The average molecular weight is 227 g/mol. The molecule has 0 unspecified atom stereocenters. The zero-order valence-corrected chi connectivity index (χ0v) is 8.67. The van der Waals surface area contributed by atoms with Gasteiger partial charge in [0.15, 0.2) is 0 Å². The maximum atomic E-state index is 13.0. The number of esters is 1. The third-order valence-electron chi connectivity index (χ3n) is 1.94. The predicted octanol–water partition coefficient (Wildman–Crippen LogP) is 2.12. The van der Waals surface area contributed by atoms with Gasteiger partial charge >= 0.3 is 5.97 Å². The summed E-state index contributed by atoms with van der Waals surface area (Å²) in [5.41, 5.74) is 5.44. The van der Waals surface area contributed by atoms with E-state index < -0.39 is 17.6 Å². The zero-order chi connectivity index (χ0) is 12.1. The second-order valence-electron chi connectivity index (χ2n) is 3.07. The van der Waals surface area contributed by atoms with Gasteiger partial charge in [0.2, 0.25) is 0 Å². The number of nitrogen functional groups attached to an aromatic ring is 1. The SMILES string of the molecule is COC(=O)CC=Cc1cc(F)cc(F)c1N. The minimum atomic E-state index is -0.822. The van der Waals surface area contributed by atoms with E-state index in [1.807, 2.05) is 0 Å². The maximum absolute atomic E-state index is 13.0. The lowest BCUT2D eigenvalue weighted by Gasteiger charge is -2.02. The Kier molecular flexibility index (Phi) is 3.99. The number of carbonyl (C=O) groups is 1. The number of halogens is 2. The molecule has 3 nitrogen and oxygen atoms in total. The molecule has 5 heteroatoms. The number of ether oxygens (including phenoxy) is 1. The molecule has 0 amide bonds. The average Bonchev–Trinajstić information content (AvgIpc) is 2.24. The molecule has 0 saturated carbocycles. The molecule has 1 aromatic rings. The van der Waals surface area contributed by atoms with Gasteiger partial charge in [-0.3, -0.25) is 4.79 Å². The highest BCUT2D eigenvalue weighted by atomic mass is 19.1. The van der Waals surface area contributed by atoms with Crippen LogP contribution in [0.4, 0.5) is 14.5 Å². The molecular formula is C11H11F2NO2. The first kappa shape index (κ1) is 12.2. The number of anilines is 1. The first-order valence-corrected chi connectivity index (χ1v) is 4.52. The number of nitrogens with two attached hydrogens (primary N) is 1. The standard InChI is InChI=1S/C11H11F2NO2/c1-16-10(15)4-2-3-7-5-8(12)6-9(13)11(7)14/h2-3,5-6H,4,14H2,1H3. The van der Waals surface area contributed by atoms with Crippen LogP contribution in [0.15, 0.2) is 18.2 Å². The second-order valence-corrected chi connectivity index (χ2v) is 3.07. The van der Waals surface area contributed by atoms with Crippen molar-refractivity contribution >= 4 is 17.7 Å². The molecule has 0 aliphatic heterocycles. The Labute approximate surface area is 91.5 Å². The smallest absolute Gasteiger partial charge is 0.309 e. The minimum absolute atomic E-state index is 0.0219. The van der Waals surface area contributed by atoms with Crippen molar-refractivity contribution in [2.75, 3.05) is 12.8 Å². The van der Waals surface area contributed by atoms with E-state index >= 15 is 0 Å². The Morgan fingerprint density at radius 2 is 2.19 bits per heavy atom. The van der Waals surface area contributed by atoms with Crippen LogP contribution in [0.3, 0.4) is 0 Å². The molecule has 16 heavy (non-hydrogen) atoms. The molecule has 0 fully saturated rings. The summed E-state index contributed by atoms with van der Waals surface area (Å²) in [6.45, 7) is 0. The quantitative estimate of drug-likeness (QED) is 0.635. The van der Waals surface area contributed by atoms with Crippen LogP contribution < -0.4 is 5.73 Å². The van der Waals surface area contributed by atoms with E-state index in [1.165, 1.54) is 19.3 Å². The van der Waals surface area contributed by atoms with Crippen molar-refractivity contribution in [1.82, 2.24) is 0 Å². The van der Waals surface area contributed by atoms with Gasteiger partial charge in [-0.25, -0.2) is 8.78 Å². The van der Waals surface area contributed by atoms with Crippen LogP contribution in [0.1, 0.15) is 12.0 Å². The molecule has 0 aliphatic carbocycles. The summed E-state index contributed by atoms with van der Waals surface area (Å²) < 4.78 is 30.2. The molecular weight excluding hydrogens is 216 g/mol. The Morgan fingerprint density at radius 3 is 2.81 bits per heavy atom. The van der Waals surface area contributed by atoms with Crippen LogP contribution in [0, 0.1) is 11.6 Å². The third-order valence-corrected chi connectivity index (χ3v) is 1.94. The predicted molar refractivity (Wildman–Crippen MR) is 56.4 cm³/mol. The van der Waals surface area contributed by atoms with Gasteiger partial charge < -0.3 is 10.5 Å². The molecule has 0 heterocycles. The summed E-state index contributed by atoms with van der Waals surface area (Å²) >= 11 is 0. The molecule has 2 N–H and O–H groups in total. The Bertz CT molecular complexity index is 430. The Hall–Kier alpha value is -1.91. The zero-order valence-electron chi connectivity index (χ0n) is 8.67. The normalized spacial score (nSPS) is 10.7. The van der Waals surface area contributed by atoms with Crippen molar-refractivity contribution in [3.05, 3.63) is 35.4 Å². The molecule has 1 aromatic carbocycles. The fourth-order valence-corrected chi connectivity index (χ4v) is 1.11. The number of benzene rings is 1. The number of rotatable bonds is 3. The van der Waals surface area contributed by atoms with Gasteiger partial charge in [-0.1, -0.05) is 12.2 Å². The first-order valence-electron chi connectivity index (χ1n) is 4.52. The summed E-state index contributed by atoms with van der Waals surface area (Å²) in [5.74, 6) is -1.98. The summed E-state index contributed by atoms with van der Waals surface area (Å²) in [4.78, 5) is 10.8. The molecule has 0 bridgehead atoms. The van der Waals surface area contributed by atoms with E-state index in [0.29, 0.717) is 6.07 Å². The highest BCUT2D eigenvalue weighted by Gasteiger charge is 2.05. The van der Waals surface area contributed by atoms with Crippen molar-refractivity contribution < 1.29 is 18.3 Å². The first-order chi connectivity index (χ1) is 7.54. The summed E-state index contributed by atoms with van der Waals surface area (Å²) in [7, 11) is 1.26. The summed E-state index contributed by atoms with van der Waals surface area (Å²) in [6.07, 6.45) is 2.82. The fourth-order valence-electron chi connectivity index (χ4n) is 1.11. The molecule has 0 aromatic heterocycles. The van der Waals surface area contributed by atoms with Gasteiger partial charge in [-0.2, -0.15) is 0 Å². The fraction of sp³-hybridized carbons (Fsp3) is 0.182. The monoisotopic (exact) mass is 227 g/mol. The van der Waals surface area contributed by atoms with Gasteiger partial charge in [-0.15, -0.1) is 0 Å². The van der Waals surface area contributed by atoms with Crippen molar-refractivity contribution in [2.24, 2.45) is 0 Å². The highest BCUT2D eigenvalue weighted by Crippen LogP contribution is 2.19. The van der Waals surface area contributed by atoms with E-state index in [0.717, 1.165) is 6.07 Å². The number of carbonyl (C=O) groups excluding carboxylic acids is 1. The van der Waals surface area contributed by atoms with Crippen molar-refractivity contribution in [3.8, 4) is 0 Å². The number of hydrogen-bond acceptors (Lipinski definition) is 3. The lowest BCUT2D eigenvalue weighted by Crippen LogP contribution is -1.98. The second kappa shape index (κ2) is 5.25. The molecule has 0 atom stereocenters. The van der Waals surface area contributed by atoms with Crippen LogP contribution in [0.5, 0.6) is 0 Å². The molecule has 0 saturated heterocycles. The topological polar surface area (TPSA) is 52.3 Å². The summed E-state index contributed by atoms with van der Waals surface area (Å²) in [6, 6.07) is 1.79. The largest absolute Gasteiger partial charge is 0.469 e. The molecule has 0 radical (unpaired) electrons. The van der Waals surface area contributed by atoms with Gasteiger partial charge in [0.05, 0.1) is 19.2 Å². The highest BCUT2D eigenvalue weighted by molar-refractivity contribution is 5.73. The molecule has 86 valence electrons. The Morgan fingerprint density at radius 1 is 1.50 bits per heavy atom. The van der Waals surface area contributed by atoms with Crippen molar-refractivity contribution in [1.29, 1.82) is 0 Å². The van der Waals surface area contributed by atoms with E-state index in [2.05, 4.69) is 4.74 Å². The van der Waals surface area contributed by atoms with E-state index in [4.69, 9.17) is 5.73 Å². The van der Waals surface area contributed by atoms with Crippen molar-refractivity contribution in [3.63, 3.8) is 0 Å². The molecule has 0 aliphatic rings. The van der Waals surface area contributed by atoms with Gasteiger partial charge in [-0.05, 0) is 6.07 Å².